The van der Waals surface area contributed by atoms with Gasteiger partial charge in [0.05, 0.1) is 5.69 Å². The van der Waals surface area contributed by atoms with Gasteiger partial charge < -0.3 is 9.88 Å². The summed E-state index contributed by atoms with van der Waals surface area (Å²) in [5.41, 5.74) is 2.67. The molecule has 162 valence electrons. The lowest BCUT2D eigenvalue weighted by atomic mass is 9.95. The third-order valence-electron chi connectivity index (χ3n) is 6.15. The number of amides is 1. The topological polar surface area (TPSA) is 83.4 Å². The van der Waals surface area contributed by atoms with E-state index in [4.69, 9.17) is 10.1 Å². The standard InChI is InChI=1S/C25H25N5O2/c1-2-20-21-24(31)27-22(17-9-5-3-6-10-17)28-30(21)23(26-20)18-13-15-29(16-14-18)25(32)19-11-7-4-8-12-19/h3-12,18H,2,13-16H2,1H3,(H,27,28,31). The molecule has 0 aliphatic carbocycles. The molecule has 0 saturated carbocycles. The predicted molar refractivity (Wildman–Crippen MR) is 123 cm³/mol. The summed E-state index contributed by atoms with van der Waals surface area (Å²) in [6.45, 7) is 3.31. The maximum atomic E-state index is 12.9. The number of nitrogens with zero attached hydrogens (tertiary/aromatic N) is 4. The van der Waals surface area contributed by atoms with Crippen LogP contribution in [0.2, 0.25) is 0 Å². The number of aromatic amines is 1. The molecule has 32 heavy (non-hydrogen) atoms. The number of benzene rings is 2. The van der Waals surface area contributed by atoms with Crippen LogP contribution < -0.4 is 5.56 Å². The number of aryl methyl sites for hydroxylation is 1. The first-order valence-electron chi connectivity index (χ1n) is 11.1. The van der Waals surface area contributed by atoms with Crippen LogP contribution in [0.4, 0.5) is 0 Å². The predicted octanol–water partition coefficient (Wildman–Crippen LogP) is 3.67. The molecule has 3 heterocycles. The zero-order valence-corrected chi connectivity index (χ0v) is 18.0. The molecule has 1 saturated heterocycles. The average Bonchev–Trinajstić information content (AvgIpc) is 3.24. The van der Waals surface area contributed by atoms with Crippen LogP contribution in [0.1, 0.15) is 47.6 Å². The fourth-order valence-corrected chi connectivity index (χ4v) is 4.44. The Hall–Kier alpha value is -3.74. The maximum Gasteiger partial charge on any atom is 0.277 e. The Labute approximate surface area is 185 Å². The van der Waals surface area contributed by atoms with E-state index in [0.29, 0.717) is 36.4 Å². The van der Waals surface area contributed by atoms with Crippen molar-refractivity contribution in [2.24, 2.45) is 0 Å². The Bertz CT molecular complexity index is 1300. The summed E-state index contributed by atoms with van der Waals surface area (Å²) in [6.07, 6.45) is 2.23. The number of likely N-dealkylation sites (tertiary alicyclic amines) is 1. The molecule has 2 aromatic carbocycles. The number of hydrogen-bond donors (Lipinski definition) is 1. The molecule has 7 nitrogen and oxygen atoms in total. The van der Waals surface area contributed by atoms with E-state index in [1.807, 2.05) is 72.5 Å². The first-order chi connectivity index (χ1) is 15.7. The number of H-pyrrole nitrogens is 1. The van der Waals surface area contributed by atoms with Gasteiger partial charge in [-0.2, -0.15) is 0 Å². The van der Waals surface area contributed by atoms with E-state index in [0.717, 1.165) is 29.9 Å². The summed E-state index contributed by atoms with van der Waals surface area (Å²) in [7, 11) is 0. The van der Waals surface area contributed by atoms with Gasteiger partial charge in [-0.15, -0.1) is 5.10 Å². The van der Waals surface area contributed by atoms with Gasteiger partial charge in [0.2, 0.25) is 0 Å². The van der Waals surface area contributed by atoms with Crippen molar-refractivity contribution in [3.8, 4) is 11.4 Å². The number of nitrogens with one attached hydrogen (secondary N) is 1. The van der Waals surface area contributed by atoms with Crippen molar-refractivity contribution in [2.75, 3.05) is 13.1 Å². The van der Waals surface area contributed by atoms with Gasteiger partial charge in [-0.1, -0.05) is 55.5 Å². The average molecular weight is 428 g/mol. The smallest absolute Gasteiger partial charge is 0.277 e. The Morgan fingerprint density at radius 3 is 2.34 bits per heavy atom. The van der Waals surface area contributed by atoms with Crippen molar-refractivity contribution in [1.82, 2.24) is 24.5 Å². The fourth-order valence-electron chi connectivity index (χ4n) is 4.44. The van der Waals surface area contributed by atoms with Gasteiger partial charge in [-0.3, -0.25) is 9.59 Å². The van der Waals surface area contributed by atoms with Crippen LogP contribution in [0.3, 0.4) is 0 Å². The van der Waals surface area contributed by atoms with Crippen LogP contribution >= 0.6 is 0 Å². The molecule has 1 aliphatic heterocycles. The summed E-state index contributed by atoms with van der Waals surface area (Å²) < 4.78 is 1.74. The molecule has 1 aliphatic rings. The number of piperidine rings is 1. The maximum absolute atomic E-state index is 12.9. The van der Waals surface area contributed by atoms with Crippen molar-refractivity contribution in [3.63, 3.8) is 0 Å². The van der Waals surface area contributed by atoms with Gasteiger partial charge in [0.15, 0.2) is 11.3 Å². The number of aromatic nitrogens is 4. The van der Waals surface area contributed by atoms with Crippen LogP contribution in [0.15, 0.2) is 65.5 Å². The van der Waals surface area contributed by atoms with E-state index in [2.05, 4.69) is 4.98 Å². The van der Waals surface area contributed by atoms with E-state index >= 15 is 0 Å². The van der Waals surface area contributed by atoms with Gasteiger partial charge in [0, 0.05) is 30.1 Å². The first kappa shape index (κ1) is 20.2. The number of imidazole rings is 1. The monoisotopic (exact) mass is 427 g/mol. The third kappa shape index (κ3) is 3.60. The minimum atomic E-state index is -0.175. The highest BCUT2D eigenvalue weighted by Crippen LogP contribution is 2.29. The number of fused-ring (bicyclic) bond motifs is 1. The molecule has 0 unspecified atom stereocenters. The molecule has 0 spiro atoms. The highest BCUT2D eigenvalue weighted by atomic mass is 16.2. The largest absolute Gasteiger partial charge is 0.339 e. The second-order valence-electron chi connectivity index (χ2n) is 8.13. The number of carbonyl (C=O) groups is 1. The van der Waals surface area contributed by atoms with Crippen molar-refractivity contribution < 1.29 is 4.79 Å². The van der Waals surface area contributed by atoms with Crippen LogP contribution in [0.25, 0.3) is 16.9 Å². The zero-order chi connectivity index (χ0) is 22.1. The number of rotatable bonds is 4. The van der Waals surface area contributed by atoms with Gasteiger partial charge in [0.1, 0.15) is 5.82 Å². The first-order valence-corrected chi connectivity index (χ1v) is 11.1. The van der Waals surface area contributed by atoms with Crippen molar-refractivity contribution >= 4 is 11.4 Å². The molecule has 1 amide bonds. The second-order valence-corrected chi connectivity index (χ2v) is 8.13. The van der Waals surface area contributed by atoms with Crippen LogP contribution in [0, 0.1) is 0 Å². The number of hydrogen-bond acceptors (Lipinski definition) is 4. The van der Waals surface area contributed by atoms with Gasteiger partial charge in [-0.05, 0) is 31.4 Å². The van der Waals surface area contributed by atoms with Crippen LogP contribution in [0.5, 0.6) is 0 Å². The SMILES string of the molecule is CCc1nc(C2CCN(C(=O)c3ccccc3)CC2)n2nc(-c3ccccc3)[nH]c(=O)c12. The van der Waals surface area contributed by atoms with Crippen molar-refractivity contribution in [3.05, 3.63) is 88.1 Å². The summed E-state index contributed by atoms with van der Waals surface area (Å²) >= 11 is 0. The van der Waals surface area contributed by atoms with Crippen molar-refractivity contribution in [1.29, 1.82) is 0 Å². The van der Waals surface area contributed by atoms with Gasteiger partial charge >= 0.3 is 0 Å². The molecular formula is C25H25N5O2. The fraction of sp³-hybridized carbons (Fsp3) is 0.280. The van der Waals surface area contributed by atoms with Gasteiger partial charge in [0.25, 0.3) is 11.5 Å². The normalized spacial score (nSPS) is 14.7. The molecule has 2 aromatic heterocycles. The molecular weight excluding hydrogens is 402 g/mol. The molecule has 7 heteroatoms. The molecule has 0 bridgehead atoms. The summed E-state index contributed by atoms with van der Waals surface area (Å²) in [4.78, 5) is 35.4. The van der Waals surface area contributed by atoms with Crippen molar-refractivity contribution in [2.45, 2.75) is 32.1 Å². The van der Waals surface area contributed by atoms with Crippen LogP contribution in [-0.2, 0) is 6.42 Å². The Balaban J connectivity index is 1.46. The summed E-state index contributed by atoms with van der Waals surface area (Å²) in [5, 5.41) is 4.77. The Morgan fingerprint density at radius 1 is 1.03 bits per heavy atom. The van der Waals surface area contributed by atoms with E-state index < -0.39 is 0 Å². The Morgan fingerprint density at radius 2 is 1.69 bits per heavy atom. The van der Waals surface area contributed by atoms with E-state index in [-0.39, 0.29) is 17.4 Å². The highest BCUT2D eigenvalue weighted by molar-refractivity contribution is 5.94. The highest BCUT2D eigenvalue weighted by Gasteiger charge is 2.29. The molecule has 5 rings (SSSR count). The van der Waals surface area contributed by atoms with E-state index in [1.165, 1.54) is 0 Å². The second kappa shape index (κ2) is 8.42. The lowest BCUT2D eigenvalue weighted by Crippen LogP contribution is -2.38. The summed E-state index contributed by atoms with van der Waals surface area (Å²) in [6, 6.07) is 19.0. The van der Waals surface area contributed by atoms with Crippen LogP contribution in [-0.4, -0.2) is 43.5 Å². The quantitative estimate of drug-likeness (QED) is 0.539. The molecule has 1 N–H and O–H groups in total. The van der Waals surface area contributed by atoms with E-state index in [1.54, 1.807) is 4.52 Å². The molecule has 4 aromatic rings. The minimum Gasteiger partial charge on any atom is -0.339 e. The lowest BCUT2D eigenvalue weighted by molar-refractivity contribution is 0.0710. The summed E-state index contributed by atoms with van der Waals surface area (Å²) in [5.74, 6) is 1.54. The Kier molecular flexibility index (Phi) is 5.31. The van der Waals surface area contributed by atoms with E-state index in [9.17, 15) is 9.59 Å². The third-order valence-corrected chi connectivity index (χ3v) is 6.15. The minimum absolute atomic E-state index is 0.0622. The molecule has 0 radical (unpaired) electrons. The number of carbonyl (C=O) groups excluding carboxylic acids is 1. The molecule has 0 atom stereocenters. The molecule has 1 fully saturated rings. The lowest BCUT2D eigenvalue weighted by Gasteiger charge is -2.31. The zero-order valence-electron chi connectivity index (χ0n) is 18.0. The van der Waals surface area contributed by atoms with Gasteiger partial charge in [-0.25, -0.2) is 9.50 Å².